The molecular formula is C27H27ClN2O4S2. The summed E-state index contributed by atoms with van der Waals surface area (Å²) in [5, 5.41) is 10.6. The van der Waals surface area contributed by atoms with Crippen molar-refractivity contribution in [2.75, 3.05) is 13.7 Å². The number of halogens is 1. The molecule has 188 valence electrons. The Kier molecular flexibility index (Phi) is 7.07. The summed E-state index contributed by atoms with van der Waals surface area (Å²) in [5.41, 5.74) is 3.35. The van der Waals surface area contributed by atoms with E-state index in [1.807, 2.05) is 43.3 Å². The molecule has 5 rings (SSSR count). The summed E-state index contributed by atoms with van der Waals surface area (Å²) in [7, 11) is -1.98. The lowest BCUT2D eigenvalue weighted by atomic mass is 10.00. The van der Waals surface area contributed by atoms with Crippen LogP contribution in [-0.4, -0.2) is 37.5 Å². The van der Waals surface area contributed by atoms with E-state index in [4.69, 9.17) is 16.3 Å². The zero-order valence-corrected chi connectivity index (χ0v) is 22.3. The first-order valence-electron chi connectivity index (χ1n) is 11.8. The summed E-state index contributed by atoms with van der Waals surface area (Å²) in [5.74, 6) is 0.523. The van der Waals surface area contributed by atoms with Crippen molar-refractivity contribution in [3.05, 3.63) is 81.8 Å². The molecule has 36 heavy (non-hydrogen) atoms. The van der Waals surface area contributed by atoms with Gasteiger partial charge in [-0.15, -0.1) is 11.3 Å². The highest BCUT2D eigenvalue weighted by atomic mass is 35.5. The molecule has 1 fully saturated rings. The Labute approximate surface area is 220 Å². The van der Waals surface area contributed by atoms with Crippen LogP contribution in [0, 0.1) is 0 Å². The molecule has 4 aromatic rings. The molecule has 2 aromatic carbocycles. The van der Waals surface area contributed by atoms with Crippen molar-refractivity contribution in [3.8, 4) is 17.0 Å². The quantitative estimate of drug-likeness (QED) is 0.275. The first kappa shape index (κ1) is 25.2. The monoisotopic (exact) mass is 542 g/mol. The molecule has 0 spiro atoms. The number of aliphatic hydroxyl groups is 1. The Balaban J connectivity index is 1.65. The molecule has 0 bridgehead atoms. The number of sulfonamides is 1. The molecule has 1 aliphatic rings. The van der Waals surface area contributed by atoms with Crippen molar-refractivity contribution >= 4 is 43.0 Å². The molecule has 0 radical (unpaired) electrons. The van der Waals surface area contributed by atoms with Gasteiger partial charge in [0.2, 0.25) is 10.0 Å². The number of aliphatic hydroxyl groups excluding tert-OH is 1. The number of nitrogens with one attached hydrogen (secondary N) is 1. The zero-order valence-electron chi connectivity index (χ0n) is 19.9. The molecule has 9 heteroatoms. The van der Waals surface area contributed by atoms with E-state index in [0.717, 1.165) is 31.8 Å². The Hall–Kier alpha value is -2.49. The minimum atomic E-state index is -3.54. The fourth-order valence-corrected chi connectivity index (χ4v) is 7.42. The van der Waals surface area contributed by atoms with Crippen molar-refractivity contribution in [2.45, 2.75) is 37.0 Å². The number of hydrogen-bond acceptors (Lipinski definition) is 6. The Morgan fingerprint density at radius 3 is 2.69 bits per heavy atom. The minimum absolute atomic E-state index is 0.00116. The molecule has 6 nitrogen and oxygen atoms in total. The number of thiophene rings is 1. The molecule has 2 heterocycles. The molecule has 2 atom stereocenters. The molecule has 1 aliphatic carbocycles. The van der Waals surface area contributed by atoms with Gasteiger partial charge in [0.1, 0.15) is 5.75 Å². The van der Waals surface area contributed by atoms with E-state index in [1.54, 1.807) is 31.5 Å². The minimum Gasteiger partial charge on any atom is -0.496 e. The summed E-state index contributed by atoms with van der Waals surface area (Å²) in [6.07, 6.45) is 3.07. The van der Waals surface area contributed by atoms with Gasteiger partial charge in [0.05, 0.1) is 24.1 Å². The number of nitrogens with zero attached hydrogens (tertiary/aromatic N) is 1. The van der Waals surface area contributed by atoms with Gasteiger partial charge >= 0.3 is 0 Å². The highest BCUT2D eigenvalue weighted by Gasteiger charge is 2.39. The van der Waals surface area contributed by atoms with Gasteiger partial charge in [-0.1, -0.05) is 42.8 Å². The summed E-state index contributed by atoms with van der Waals surface area (Å²) in [4.78, 5) is 5.41. The van der Waals surface area contributed by atoms with Crippen LogP contribution in [-0.2, 0) is 10.0 Å². The molecule has 2 aromatic heterocycles. The van der Waals surface area contributed by atoms with E-state index in [1.165, 1.54) is 11.3 Å². The van der Waals surface area contributed by atoms with E-state index in [9.17, 15) is 13.5 Å². The first-order chi connectivity index (χ1) is 17.3. The normalized spacial score (nSPS) is 15.7. The Morgan fingerprint density at radius 1 is 1.19 bits per heavy atom. The SMILES string of the molecule is COc1cccc(Cl)c1C(NS(=O)(=O)C1CC1)c1cc2cccc(-c3cc(C(C)CO)ccn3)c2s1. The maximum Gasteiger partial charge on any atom is 0.215 e. The fourth-order valence-electron chi connectivity index (χ4n) is 4.31. The largest absolute Gasteiger partial charge is 0.496 e. The van der Waals surface area contributed by atoms with Gasteiger partial charge in [-0.05, 0) is 54.1 Å². The van der Waals surface area contributed by atoms with Gasteiger partial charge in [0.15, 0.2) is 0 Å². The number of fused-ring (bicyclic) bond motifs is 1. The maximum atomic E-state index is 13.1. The standard InChI is InChI=1S/C27H27ClN2O4S2/c1-16(15-31)17-11-12-29-22(13-17)20-6-3-5-18-14-24(35-27(18)20)26(30-36(32,33)19-9-10-19)25-21(28)7-4-8-23(25)34-2/h3-8,11-14,16,19,26,30-31H,9-10,15H2,1-2H3. The smallest absolute Gasteiger partial charge is 0.215 e. The van der Waals surface area contributed by atoms with Crippen LogP contribution in [0.4, 0.5) is 0 Å². The van der Waals surface area contributed by atoms with Crippen LogP contribution in [0.2, 0.25) is 5.02 Å². The van der Waals surface area contributed by atoms with Crippen molar-refractivity contribution in [1.82, 2.24) is 9.71 Å². The predicted molar refractivity (Wildman–Crippen MR) is 145 cm³/mol. The third kappa shape index (κ3) is 4.88. The van der Waals surface area contributed by atoms with Gasteiger partial charge in [-0.25, -0.2) is 13.1 Å². The van der Waals surface area contributed by atoms with Crippen molar-refractivity contribution in [2.24, 2.45) is 0 Å². The number of hydrogen-bond donors (Lipinski definition) is 2. The van der Waals surface area contributed by atoms with Crippen LogP contribution in [0.15, 0.2) is 60.8 Å². The lowest BCUT2D eigenvalue weighted by Crippen LogP contribution is -2.32. The van der Waals surface area contributed by atoms with E-state index in [-0.39, 0.29) is 17.8 Å². The van der Waals surface area contributed by atoms with E-state index in [2.05, 4.69) is 9.71 Å². The summed E-state index contributed by atoms with van der Waals surface area (Å²) >= 11 is 8.13. The molecule has 2 unspecified atom stereocenters. The third-order valence-corrected chi connectivity index (χ3v) is 10.0. The number of ether oxygens (including phenoxy) is 1. The average Bonchev–Trinajstić information content (AvgIpc) is 3.66. The van der Waals surface area contributed by atoms with Crippen molar-refractivity contribution < 1.29 is 18.3 Å². The number of benzene rings is 2. The van der Waals surface area contributed by atoms with Crippen LogP contribution in [0.25, 0.3) is 21.3 Å². The van der Waals surface area contributed by atoms with E-state index < -0.39 is 16.1 Å². The van der Waals surface area contributed by atoms with Gasteiger partial charge in [0, 0.05) is 44.4 Å². The summed E-state index contributed by atoms with van der Waals surface area (Å²) < 4.78 is 35.7. The van der Waals surface area contributed by atoms with Crippen molar-refractivity contribution in [3.63, 3.8) is 0 Å². The van der Waals surface area contributed by atoms with Crippen LogP contribution in [0.5, 0.6) is 5.75 Å². The van der Waals surface area contributed by atoms with Gasteiger partial charge in [0.25, 0.3) is 0 Å². The third-order valence-electron chi connectivity index (χ3n) is 6.52. The first-order valence-corrected chi connectivity index (χ1v) is 14.5. The summed E-state index contributed by atoms with van der Waals surface area (Å²) in [6.45, 7) is 2.02. The number of rotatable bonds is 9. The van der Waals surface area contributed by atoms with Crippen LogP contribution >= 0.6 is 22.9 Å². The second-order valence-electron chi connectivity index (χ2n) is 9.08. The zero-order chi connectivity index (χ0) is 25.4. The molecule has 0 saturated heterocycles. The van der Waals surface area contributed by atoms with Crippen LogP contribution in [0.1, 0.15) is 47.7 Å². The molecule has 0 amide bonds. The highest BCUT2D eigenvalue weighted by Crippen LogP contribution is 2.43. The van der Waals surface area contributed by atoms with E-state index in [0.29, 0.717) is 29.2 Å². The number of methoxy groups -OCH3 is 1. The maximum absolute atomic E-state index is 13.1. The second-order valence-corrected chi connectivity index (χ2v) is 12.6. The predicted octanol–water partition coefficient (Wildman–Crippen LogP) is 5.89. The average molecular weight is 543 g/mol. The molecule has 1 saturated carbocycles. The summed E-state index contributed by atoms with van der Waals surface area (Å²) in [6, 6.07) is 16.5. The lowest BCUT2D eigenvalue weighted by Gasteiger charge is -2.21. The molecule has 0 aliphatic heterocycles. The van der Waals surface area contributed by atoms with E-state index >= 15 is 0 Å². The van der Waals surface area contributed by atoms with Gasteiger partial charge < -0.3 is 9.84 Å². The van der Waals surface area contributed by atoms with Crippen LogP contribution < -0.4 is 9.46 Å². The highest BCUT2D eigenvalue weighted by molar-refractivity contribution is 7.90. The topological polar surface area (TPSA) is 88.5 Å². The van der Waals surface area contributed by atoms with Crippen molar-refractivity contribution in [1.29, 1.82) is 0 Å². The molecular weight excluding hydrogens is 516 g/mol. The molecule has 2 N–H and O–H groups in total. The number of aromatic nitrogens is 1. The van der Waals surface area contributed by atoms with Gasteiger partial charge in [-0.3, -0.25) is 4.98 Å². The van der Waals surface area contributed by atoms with Gasteiger partial charge in [-0.2, -0.15) is 0 Å². The second kappa shape index (κ2) is 10.1. The number of pyridine rings is 1. The lowest BCUT2D eigenvalue weighted by molar-refractivity contribution is 0.273. The van der Waals surface area contributed by atoms with Crippen LogP contribution in [0.3, 0.4) is 0 Å². The Morgan fingerprint density at radius 2 is 1.97 bits per heavy atom. The fraction of sp³-hybridized carbons (Fsp3) is 0.296. The Bertz CT molecular complexity index is 1520.